The lowest BCUT2D eigenvalue weighted by atomic mass is 9.89. The van der Waals surface area contributed by atoms with Crippen molar-refractivity contribution in [1.82, 2.24) is 20.3 Å². The number of hydrogen-bond acceptors (Lipinski definition) is 7. The number of piperidine rings is 1. The summed E-state index contributed by atoms with van der Waals surface area (Å²) in [6.45, 7) is 1.44. The first-order valence-electron chi connectivity index (χ1n) is 13.3. The molecule has 8 nitrogen and oxygen atoms in total. The molecule has 0 bridgehead atoms. The van der Waals surface area contributed by atoms with Gasteiger partial charge >= 0.3 is 6.18 Å². The zero-order valence-electron chi connectivity index (χ0n) is 21.5. The van der Waals surface area contributed by atoms with Crippen LogP contribution in [-0.2, 0) is 6.18 Å². The molecule has 1 saturated carbocycles. The number of pyridine rings is 1. The normalized spacial score (nSPS) is 21.9. The van der Waals surface area contributed by atoms with Crippen molar-refractivity contribution in [2.75, 3.05) is 23.3 Å². The number of alkyl halides is 3. The third-order valence-electron chi connectivity index (χ3n) is 7.47. The fourth-order valence-electron chi connectivity index (χ4n) is 5.52. The molecule has 1 aliphatic heterocycles. The maximum atomic E-state index is 12.9. The summed E-state index contributed by atoms with van der Waals surface area (Å²) >= 11 is 0. The first kappa shape index (κ1) is 26.9. The summed E-state index contributed by atoms with van der Waals surface area (Å²) in [5, 5.41) is 7.45. The number of aromatic nitrogens is 3. The Bertz CT molecular complexity index is 1280. The van der Waals surface area contributed by atoms with Gasteiger partial charge in [-0.3, -0.25) is 4.79 Å². The Hall–Kier alpha value is -3.73. The molecule has 1 saturated heterocycles. The van der Waals surface area contributed by atoms with Gasteiger partial charge in [-0.25, -0.2) is 15.0 Å². The van der Waals surface area contributed by atoms with Crippen molar-refractivity contribution in [2.24, 2.45) is 5.73 Å². The SMILES string of the molecule is NC(=O)c1cccc(-c2ccnc(N[C@@H]3CCCC[C@H]3N[C@H]3CCCN(c4cnc(C(F)(F)F)nc4)C3)c2)c1. The number of carbonyl (C=O) groups excluding carboxylic acids is 1. The van der Waals surface area contributed by atoms with Crippen molar-refractivity contribution in [3.63, 3.8) is 0 Å². The van der Waals surface area contributed by atoms with Crippen molar-refractivity contribution in [2.45, 2.75) is 62.8 Å². The number of nitrogens with zero attached hydrogens (tertiary/aromatic N) is 4. The van der Waals surface area contributed by atoms with E-state index < -0.39 is 17.9 Å². The number of anilines is 2. The van der Waals surface area contributed by atoms with Gasteiger partial charge in [0.25, 0.3) is 0 Å². The zero-order valence-corrected chi connectivity index (χ0v) is 21.5. The highest BCUT2D eigenvalue weighted by molar-refractivity contribution is 5.94. The predicted octanol–water partition coefficient (Wildman–Crippen LogP) is 4.64. The first-order chi connectivity index (χ1) is 18.8. The highest BCUT2D eigenvalue weighted by atomic mass is 19.4. The molecule has 4 N–H and O–H groups in total. The smallest absolute Gasteiger partial charge is 0.367 e. The number of nitrogens with two attached hydrogens (primary N) is 1. The van der Waals surface area contributed by atoms with Crippen LogP contribution in [0.3, 0.4) is 0 Å². The van der Waals surface area contributed by atoms with Crippen LogP contribution in [0.5, 0.6) is 0 Å². The number of rotatable bonds is 7. The van der Waals surface area contributed by atoms with Crippen LogP contribution in [0, 0.1) is 0 Å². The van der Waals surface area contributed by atoms with E-state index in [1.807, 2.05) is 24.3 Å². The fraction of sp³-hybridized carbons (Fsp3) is 0.429. The van der Waals surface area contributed by atoms with Crippen molar-refractivity contribution in [1.29, 1.82) is 0 Å². The van der Waals surface area contributed by atoms with Gasteiger partial charge in [-0.15, -0.1) is 0 Å². The average molecular weight is 540 g/mol. The zero-order chi connectivity index (χ0) is 27.4. The largest absolute Gasteiger partial charge is 0.451 e. The Labute approximate surface area is 225 Å². The monoisotopic (exact) mass is 539 g/mol. The molecule has 11 heteroatoms. The Morgan fingerprint density at radius 3 is 2.44 bits per heavy atom. The minimum atomic E-state index is -4.55. The van der Waals surface area contributed by atoms with Crippen molar-refractivity contribution in [3.05, 3.63) is 66.4 Å². The molecule has 206 valence electrons. The summed E-state index contributed by atoms with van der Waals surface area (Å²) < 4.78 is 38.6. The van der Waals surface area contributed by atoms with E-state index in [9.17, 15) is 18.0 Å². The van der Waals surface area contributed by atoms with Gasteiger partial charge in [0.15, 0.2) is 0 Å². The molecule has 3 aromatic rings. The van der Waals surface area contributed by atoms with Gasteiger partial charge in [-0.2, -0.15) is 13.2 Å². The van der Waals surface area contributed by atoms with E-state index in [-0.39, 0.29) is 18.1 Å². The number of primary amides is 1. The van der Waals surface area contributed by atoms with E-state index in [1.54, 1.807) is 18.3 Å². The number of benzene rings is 1. The minimum Gasteiger partial charge on any atom is -0.367 e. The maximum Gasteiger partial charge on any atom is 0.451 e. The topological polar surface area (TPSA) is 109 Å². The quantitative estimate of drug-likeness (QED) is 0.401. The highest BCUT2D eigenvalue weighted by Gasteiger charge is 2.35. The molecule has 5 rings (SSSR count). The Morgan fingerprint density at radius 1 is 0.949 bits per heavy atom. The summed E-state index contributed by atoms with van der Waals surface area (Å²) in [7, 11) is 0. The second kappa shape index (κ2) is 11.6. The molecule has 2 aliphatic rings. The average Bonchev–Trinajstić information content (AvgIpc) is 2.94. The molecule has 1 aromatic carbocycles. The van der Waals surface area contributed by atoms with Crippen LogP contribution in [0.1, 0.15) is 54.7 Å². The molecule has 1 amide bonds. The summed E-state index contributed by atoms with van der Waals surface area (Å²) in [6.07, 6.45) is 5.94. The number of hydrogen-bond donors (Lipinski definition) is 3. The molecule has 1 aliphatic carbocycles. The standard InChI is InChI=1S/C28H32F3N7O/c29-28(30,31)27-34-15-22(16-35-27)38-12-4-7-21(17-38)36-23-8-1-2-9-24(23)37-25-14-19(10-11-33-25)18-5-3-6-20(13-18)26(32)39/h3,5-6,10-11,13-16,21,23-24,36H,1-2,4,7-9,12,17H2,(H2,32,39)(H,33,37)/t21-,23+,24+/m0/s1. The van der Waals surface area contributed by atoms with Gasteiger partial charge in [-0.05, 0) is 61.1 Å². The lowest BCUT2D eigenvalue weighted by molar-refractivity contribution is -0.145. The first-order valence-corrected chi connectivity index (χ1v) is 13.3. The second-order valence-electron chi connectivity index (χ2n) is 10.2. The summed E-state index contributed by atoms with van der Waals surface area (Å²) in [4.78, 5) is 25.3. The van der Waals surface area contributed by atoms with Crippen LogP contribution in [-0.4, -0.2) is 52.1 Å². The number of nitrogens with one attached hydrogen (secondary N) is 2. The van der Waals surface area contributed by atoms with Crippen molar-refractivity contribution < 1.29 is 18.0 Å². The fourth-order valence-corrected chi connectivity index (χ4v) is 5.52. The molecule has 0 unspecified atom stereocenters. The van der Waals surface area contributed by atoms with E-state index in [2.05, 4.69) is 30.5 Å². The van der Waals surface area contributed by atoms with Crippen molar-refractivity contribution >= 4 is 17.4 Å². The maximum absolute atomic E-state index is 12.9. The number of halogens is 3. The number of carbonyl (C=O) groups is 1. The van der Waals surface area contributed by atoms with E-state index in [1.165, 1.54) is 12.4 Å². The molecular weight excluding hydrogens is 507 g/mol. The molecule has 3 atom stereocenters. The van der Waals surface area contributed by atoms with Gasteiger partial charge in [0.2, 0.25) is 11.7 Å². The molecule has 3 heterocycles. The van der Waals surface area contributed by atoms with Crippen LogP contribution >= 0.6 is 0 Å². The van der Waals surface area contributed by atoms with Crippen LogP contribution < -0.4 is 21.3 Å². The van der Waals surface area contributed by atoms with E-state index >= 15 is 0 Å². The second-order valence-corrected chi connectivity index (χ2v) is 10.2. The predicted molar refractivity (Wildman–Crippen MR) is 143 cm³/mol. The summed E-state index contributed by atoms with van der Waals surface area (Å²) in [6, 6.07) is 11.7. The van der Waals surface area contributed by atoms with Gasteiger partial charge in [0, 0.05) is 43.0 Å². The van der Waals surface area contributed by atoms with Crippen LogP contribution in [0.2, 0.25) is 0 Å². The Kier molecular flexibility index (Phi) is 7.97. The lowest BCUT2D eigenvalue weighted by Gasteiger charge is -2.40. The van der Waals surface area contributed by atoms with Gasteiger partial charge in [0.05, 0.1) is 18.1 Å². The van der Waals surface area contributed by atoms with Crippen molar-refractivity contribution in [3.8, 4) is 11.1 Å². The third-order valence-corrected chi connectivity index (χ3v) is 7.47. The summed E-state index contributed by atoms with van der Waals surface area (Å²) in [5.74, 6) is -0.817. The minimum absolute atomic E-state index is 0.184. The molecule has 2 fully saturated rings. The molecule has 0 radical (unpaired) electrons. The van der Waals surface area contributed by atoms with E-state index in [0.717, 1.165) is 62.0 Å². The molecule has 39 heavy (non-hydrogen) atoms. The molecule has 2 aromatic heterocycles. The van der Waals surface area contributed by atoms with Crippen LogP contribution in [0.4, 0.5) is 24.7 Å². The summed E-state index contributed by atoms with van der Waals surface area (Å²) in [5.41, 5.74) is 8.35. The number of amides is 1. The molecule has 0 spiro atoms. The van der Waals surface area contributed by atoms with E-state index in [0.29, 0.717) is 17.8 Å². The van der Waals surface area contributed by atoms with Gasteiger partial charge < -0.3 is 21.3 Å². The van der Waals surface area contributed by atoms with Crippen LogP contribution in [0.25, 0.3) is 11.1 Å². The van der Waals surface area contributed by atoms with Crippen LogP contribution in [0.15, 0.2) is 55.0 Å². The Balaban J connectivity index is 1.24. The van der Waals surface area contributed by atoms with E-state index in [4.69, 9.17) is 5.73 Å². The highest BCUT2D eigenvalue weighted by Crippen LogP contribution is 2.29. The third kappa shape index (κ3) is 6.65. The molecular formula is C28H32F3N7O. The Morgan fingerprint density at radius 2 is 1.69 bits per heavy atom. The lowest BCUT2D eigenvalue weighted by Crippen LogP contribution is -2.55. The van der Waals surface area contributed by atoms with Gasteiger partial charge in [-0.1, -0.05) is 25.0 Å². The van der Waals surface area contributed by atoms with Gasteiger partial charge in [0.1, 0.15) is 5.82 Å².